The van der Waals surface area contributed by atoms with Crippen LogP contribution in [0.3, 0.4) is 0 Å². The molecular formula is C9H10BrClN2. The fourth-order valence-electron chi connectivity index (χ4n) is 0.926. The topological polar surface area (TPSA) is 49.8 Å². The van der Waals surface area contributed by atoms with Crippen LogP contribution in [0.2, 0.25) is 0 Å². The highest BCUT2D eigenvalue weighted by atomic mass is 79.9. The van der Waals surface area contributed by atoms with Gasteiger partial charge in [0.2, 0.25) is 0 Å². The summed E-state index contributed by atoms with van der Waals surface area (Å²) >= 11 is 3.33. The Morgan fingerprint density at radius 3 is 2.38 bits per heavy atom. The minimum absolute atomic E-state index is 0. The van der Waals surface area contributed by atoms with Crippen molar-refractivity contribution in [3.05, 3.63) is 34.3 Å². The van der Waals surface area contributed by atoms with Crippen molar-refractivity contribution >= 4 is 28.3 Å². The van der Waals surface area contributed by atoms with E-state index in [-0.39, 0.29) is 18.4 Å². The quantitative estimate of drug-likeness (QED) is 0.890. The minimum Gasteiger partial charge on any atom is -0.323 e. The highest BCUT2D eigenvalue weighted by Gasteiger charge is 2.03. The molecule has 13 heavy (non-hydrogen) atoms. The lowest BCUT2D eigenvalue weighted by molar-refractivity contribution is 0.748. The molecule has 0 aliphatic rings. The van der Waals surface area contributed by atoms with Crippen LogP contribution in [0.1, 0.15) is 18.0 Å². The van der Waals surface area contributed by atoms with Crippen LogP contribution in [-0.4, -0.2) is 0 Å². The molecule has 0 spiro atoms. The SMILES string of the molecule is Cl.N#CCC(N)c1ccc(Br)cc1. The third-order valence-corrected chi connectivity index (χ3v) is 2.14. The maximum absolute atomic E-state index is 8.41. The smallest absolute Gasteiger partial charge is 0.0641 e. The molecule has 0 aliphatic carbocycles. The van der Waals surface area contributed by atoms with Gasteiger partial charge in [-0.25, -0.2) is 0 Å². The molecule has 0 aliphatic heterocycles. The Labute approximate surface area is 92.3 Å². The van der Waals surface area contributed by atoms with E-state index in [1.54, 1.807) is 0 Å². The van der Waals surface area contributed by atoms with E-state index in [1.165, 1.54) is 0 Å². The van der Waals surface area contributed by atoms with Crippen LogP contribution in [-0.2, 0) is 0 Å². The first-order valence-electron chi connectivity index (χ1n) is 3.62. The van der Waals surface area contributed by atoms with Crippen molar-refractivity contribution in [1.82, 2.24) is 0 Å². The highest BCUT2D eigenvalue weighted by molar-refractivity contribution is 9.10. The molecule has 1 aromatic carbocycles. The van der Waals surface area contributed by atoms with Gasteiger partial charge in [-0.05, 0) is 17.7 Å². The minimum atomic E-state index is -0.164. The number of hydrogen-bond donors (Lipinski definition) is 1. The molecule has 0 saturated carbocycles. The molecule has 0 heterocycles. The molecule has 1 aromatic rings. The summed E-state index contributed by atoms with van der Waals surface area (Å²) in [6.07, 6.45) is 0.363. The summed E-state index contributed by atoms with van der Waals surface area (Å²) in [5, 5.41) is 8.41. The lowest BCUT2D eigenvalue weighted by atomic mass is 10.1. The molecule has 0 fully saturated rings. The molecule has 0 radical (unpaired) electrons. The number of nitrogens with two attached hydrogens (primary N) is 1. The van der Waals surface area contributed by atoms with Gasteiger partial charge in [-0.1, -0.05) is 28.1 Å². The van der Waals surface area contributed by atoms with Gasteiger partial charge in [0.25, 0.3) is 0 Å². The second-order valence-corrected chi connectivity index (χ2v) is 3.44. The van der Waals surface area contributed by atoms with Crippen LogP contribution in [0, 0.1) is 11.3 Å². The zero-order chi connectivity index (χ0) is 8.97. The van der Waals surface area contributed by atoms with Gasteiger partial charge in [-0.2, -0.15) is 5.26 Å². The average Bonchev–Trinajstić information content (AvgIpc) is 2.06. The third-order valence-electron chi connectivity index (χ3n) is 1.61. The lowest BCUT2D eigenvalue weighted by Crippen LogP contribution is -2.08. The van der Waals surface area contributed by atoms with Gasteiger partial charge >= 0.3 is 0 Å². The Hall–Kier alpha value is -0.560. The fourth-order valence-corrected chi connectivity index (χ4v) is 1.19. The Bertz CT molecular complexity index is 291. The van der Waals surface area contributed by atoms with E-state index in [4.69, 9.17) is 11.0 Å². The summed E-state index contributed by atoms with van der Waals surface area (Å²) in [7, 11) is 0. The van der Waals surface area contributed by atoms with Gasteiger partial charge in [-0.15, -0.1) is 12.4 Å². The van der Waals surface area contributed by atoms with Crippen LogP contribution in [0.15, 0.2) is 28.7 Å². The van der Waals surface area contributed by atoms with E-state index >= 15 is 0 Å². The lowest BCUT2D eigenvalue weighted by Gasteiger charge is -2.06. The van der Waals surface area contributed by atoms with Gasteiger partial charge in [0, 0.05) is 10.5 Å². The van der Waals surface area contributed by atoms with Crippen molar-refractivity contribution in [3.63, 3.8) is 0 Å². The Balaban J connectivity index is 0.00000144. The van der Waals surface area contributed by atoms with Crippen LogP contribution < -0.4 is 5.73 Å². The molecule has 2 nitrogen and oxygen atoms in total. The summed E-state index contributed by atoms with van der Waals surface area (Å²) < 4.78 is 1.02. The number of rotatable bonds is 2. The maximum Gasteiger partial charge on any atom is 0.0641 e. The maximum atomic E-state index is 8.41. The largest absolute Gasteiger partial charge is 0.323 e. The monoisotopic (exact) mass is 260 g/mol. The molecular weight excluding hydrogens is 251 g/mol. The summed E-state index contributed by atoms with van der Waals surface area (Å²) in [4.78, 5) is 0. The summed E-state index contributed by atoms with van der Waals surface area (Å²) in [6, 6.07) is 9.57. The van der Waals surface area contributed by atoms with Crippen molar-refractivity contribution in [1.29, 1.82) is 5.26 Å². The number of hydrogen-bond acceptors (Lipinski definition) is 2. The Morgan fingerprint density at radius 1 is 1.38 bits per heavy atom. The zero-order valence-corrected chi connectivity index (χ0v) is 9.31. The van der Waals surface area contributed by atoms with Gasteiger partial charge in [0.05, 0.1) is 12.5 Å². The average molecular weight is 262 g/mol. The first kappa shape index (κ1) is 12.4. The highest BCUT2D eigenvalue weighted by Crippen LogP contribution is 2.16. The summed E-state index contributed by atoms with van der Waals surface area (Å²) in [5.41, 5.74) is 6.72. The van der Waals surface area contributed by atoms with Crippen molar-refractivity contribution in [3.8, 4) is 6.07 Å². The summed E-state index contributed by atoms with van der Waals surface area (Å²) in [5.74, 6) is 0. The van der Waals surface area contributed by atoms with Crippen LogP contribution in [0.25, 0.3) is 0 Å². The zero-order valence-electron chi connectivity index (χ0n) is 6.90. The Morgan fingerprint density at radius 2 is 1.92 bits per heavy atom. The Kier molecular flexibility index (Phi) is 5.72. The first-order valence-corrected chi connectivity index (χ1v) is 4.41. The molecule has 1 unspecified atom stereocenters. The normalized spacial score (nSPS) is 11.2. The predicted molar refractivity (Wildman–Crippen MR) is 58.5 cm³/mol. The molecule has 2 N–H and O–H groups in total. The van der Waals surface area contributed by atoms with E-state index < -0.39 is 0 Å². The van der Waals surface area contributed by atoms with Crippen molar-refractivity contribution in [2.24, 2.45) is 5.73 Å². The van der Waals surface area contributed by atoms with E-state index in [2.05, 4.69) is 15.9 Å². The van der Waals surface area contributed by atoms with Gasteiger partial charge in [0.15, 0.2) is 0 Å². The molecule has 0 aromatic heterocycles. The summed E-state index contributed by atoms with van der Waals surface area (Å²) in [6.45, 7) is 0. The second kappa shape index (κ2) is 5.98. The van der Waals surface area contributed by atoms with Crippen molar-refractivity contribution in [2.45, 2.75) is 12.5 Å². The van der Waals surface area contributed by atoms with Crippen molar-refractivity contribution < 1.29 is 0 Å². The molecule has 70 valence electrons. The van der Waals surface area contributed by atoms with Crippen LogP contribution in [0.4, 0.5) is 0 Å². The predicted octanol–water partition coefficient (Wildman–Crippen LogP) is 2.78. The molecule has 0 amide bonds. The van der Waals surface area contributed by atoms with Gasteiger partial charge in [0.1, 0.15) is 0 Å². The molecule has 0 bridgehead atoms. The molecule has 0 saturated heterocycles. The third kappa shape index (κ3) is 3.77. The van der Waals surface area contributed by atoms with E-state index in [9.17, 15) is 0 Å². The number of benzene rings is 1. The fraction of sp³-hybridized carbons (Fsp3) is 0.222. The number of nitriles is 1. The number of nitrogens with zero attached hydrogens (tertiary/aromatic N) is 1. The van der Waals surface area contributed by atoms with Crippen LogP contribution in [0.5, 0.6) is 0 Å². The standard InChI is InChI=1S/C9H9BrN2.ClH/c10-8-3-1-7(2-4-8)9(12)5-6-11;/h1-4,9H,5,12H2;1H. The molecule has 4 heteroatoms. The molecule has 1 rings (SSSR count). The van der Waals surface area contributed by atoms with E-state index in [1.807, 2.05) is 30.3 Å². The van der Waals surface area contributed by atoms with E-state index in [0.717, 1.165) is 10.0 Å². The van der Waals surface area contributed by atoms with Crippen LogP contribution >= 0.6 is 28.3 Å². The van der Waals surface area contributed by atoms with Crippen molar-refractivity contribution in [2.75, 3.05) is 0 Å². The number of halogens is 2. The molecule has 1 atom stereocenters. The van der Waals surface area contributed by atoms with E-state index in [0.29, 0.717) is 6.42 Å². The van der Waals surface area contributed by atoms with Gasteiger partial charge in [-0.3, -0.25) is 0 Å². The van der Waals surface area contributed by atoms with Gasteiger partial charge < -0.3 is 5.73 Å². The first-order chi connectivity index (χ1) is 5.74. The second-order valence-electron chi connectivity index (χ2n) is 2.52.